The van der Waals surface area contributed by atoms with Gasteiger partial charge in [0.15, 0.2) is 6.29 Å². The summed E-state index contributed by atoms with van der Waals surface area (Å²) in [5.74, 6) is 0. The van der Waals surface area contributed by atoms with Crippen LogP contribution in [0, 0.1) is 0 Å². The first kappa shape index (κ1) is 18.2. The van der Waals surface area contributed by atoms with E-state index in [1.165, 1.54) is 25.7 Å². The lowest BCUT2D eigenvalue weighted by Gasteiger charge is -2.22. The van der Waals surface area contributed by atoms with E-state index in [0.29, 0.717) is 0 Å². The van der Waals surface area contributed by atoms with Gasteiger partial charge in [-0.25, -0.2) is 0 Å². The lowest BCUT2D eigenvalue weighted by atomic mass is 10.1. The van der Waals surface area contributed by atoms with Gasteiger partial charge in [-0.3, -0.25) is 0 Å². The van der Waals surface area contributed by atoms with Gasteiger partial charge in [0.25, 0.3) is 0 Å². The summed E-state index contributed by atoms with van der Waals surface area (Å²) in [5.41, 5.74) is 0. The number of unbranched alkanes of at least 4 members (excludes halogenated alkanes) is 4. The van der Waals surface area contributed by atoms with Crippen molar-refractivity contribution in [3.05, 3.63) is 36.5 Å². The van der Waals surface area contributed by atoms with Crippen molar-refractivity contribution in [1.82, 2.24) is 0 Å². The van der Waals surface area contributed by atoms with Crippen molar-refractivity contribution in [2.75, 3.05) is 13.2 Å². The molecular weight excluding hydrogens is 260 g/mol. The molecule has 0 radical (unpaired) electrons. The Morgan fingerprint density at radius 3 is 2.33 bits per heavy atom. The summed E-state index contributed by atoms with van der Waals surface area (Å²) < 4.78 is 11.1. The molecule has 1 rings (SSSR count). The lowest BCUT2D eigenvalue weighted by molar-refractivity contribution is -0.181. The van der Waals surface area contributed by atoms with Gasteiger partial charge in [-0.2, -0.15) is 0 Å². The van der Waals surface area contributed by atoms with Crippen molar-refractivity contribution >= 4 is 0 Å². The molecule has 2 nitrogen and oxygen atoms in total. The predicted molar refractivity (Wildman–Crippen MR) is 90.3 cm³/mol. The second kappa shape index (κ2) is 14.1. The third-order valence-corrected chi connectivity index (χ3v) is 3.49. The van der Waals surface area contributed by atoms with Gasteiger partial charge in [-0.05, 0) is 51.4 Å². The Hall–Kier alpha value is -0.860. The Morgan fingerprint density at radius 1 is 0.810 bits per heavy atom. The molecule has 0 N–H and O–H groups in total. The molecule has 2 heteroatoms. The van der Waals surface area contributed by atoms with E-state index >= 15 is 0 Å². The van der Waals surface area contributed by atoms with E-state index in [9.17, 15) is 0 Å². The first-order valence-electron chi connectivity index (χ1n) is 8.63. The van der Waals surface area contributed by atoms with E-state index in [-0.39, 0.29) is 6.29 Å². The Bertz CT molecular complexity index is 299. The molecule has 0 bridgehead atoms. The number of hydrogen-bond donors (Lipinski definition) is 0. The minimum atomic E-state index is 0.0721. The monoisotopic (exact) mass is 292 g/mol. The van der Waals surface area contributed by atoms with Gasteiger partial charge in [-0.1, -0.05) is 49.8 Å². The largest absolute Gasteiger partial charge is 0.353 e. The van der Waals surface area contributed by atoms with Crippen LogP contribution in [0.2, 0.25) is 0 Å². The maximum Gasteiger partial charge on any atom is 0.157 e. The van der Waals surface area contributed by atoms with Gasteiger partial charge in [0.2, 0.25) is 0 Å². The average Bonchev–Trinajstić information content (AvgIpc) is 2.53. The molecule has 0 aliphatic carbocycles. The molecule has 1 aliphatic rings. The quantitative estimate of drug-likeness (QED) is 0.282. The highest BCUT2D eigenvalue weighted by atomic mass is 16.7. The average molecular weight is 292 g/mol. The third-order valence-electron chi connectivity index (χ3n) is 3.49. The second-order valence-corrected chi connectivity index (χ2v) is 5.48. The summed E-state index contributed by atoms with van der Waals surface area (Å²) in [6, 6.07) is 0. The van der Waals surface area contributed by atoms with Crippen molar-refractivity contribution in [2.24, 2.45) is 0 Å². The van der Waals surface area contributed by atoms with Crippen molar-refractivity contribution in [2.45, 2.75) is 71.0 Å². The summed E-state index contributed by atoms with van der Waals surface area (Å²) in [6.45, 7) is 3.90. The Balaban J connectivity index is 1.83. The maximum absolute atomic E-state index is 5.54. The van der Waals surface area contributed by atoms with Gasteiger partial charge < -0.3 is 9.47 Å². The zero-order valence-electron chi connectivity index (χ0n) is 13.6. The minimum Gasteiger partial charge on any atom is -0.353 e. The van der Waals surface area contributed by atoms with Crippen LogP contribution in [0.5, 0.6) is 0 Å². The number of allylic oxidation sites excluding steroid dienone is 6. The minimum absolute atomic E-state index is 0.0721. The van der Waals surface area contributed by atoms with Crippen LogP contribution in [0.25, 0.3) is 0 Å². The number of hydrogen-bond acceptors (Lipinski definition) is 2. The zero-order chi connectivity index (χ0) is 15.0. The van der Waals surface area contributed by atoms with Crippen LogP contribution < -0.4 is 0 Å². The molecule has 0 spiro atoms. The van der Waals surface area contributed by atoms with Crippen LogP contribution in [-0.4, -0.2) is 19.5 Å². The highest BCUT2D eigenvalue weighted by molar-refractivity contribution is 5.02. The van der Waals surface area contributed by atoms with Gasteiger partial charge in [0.05, 0.1) is 13.2 Å². The molecule has 21 heavy (non-hydrogen) atoms. The summed E-state index contributed by atoms with van der Waals surface area (Å²) >= 11 is 0. The van der Waals surface area contributed by atoms with Gasteiger partial charge in [-0.15, -0.1) is 0 Å². The molecule has 0 amide bonds. The Labute approximate surface area is 130 Å². The van der Waals surface area contributed by atoms with E-state index < -0.39 is 0 Å². The molecule has 0 aromatic heterocycles. The smallest absolute Gasteiger partial charge is 0.157 e. The Kier molecular flexibility index (Phi) is 12.2. The second-order valence-electron chi connectivity index (χ2n) is 5.48. The molecule has 0 saturated carbocycles. The van der Waals surface area contributed by atoms with E-state index in [2.05, 4.69) is 43.4 Å². The molecule has 1 saturated heterocycles. The molecule has 0 unspecified atom stereocenters. The van der Waals surface area contributed by atoms with E-state index in [0.717, 1.165) is 45.3 Å². The van der Waals surface area contributed by atoms with Gasteiger partial charge in [0, 0.05) is 0 Å². The third kappa shape index (κ3) is 11.5. The molecule has 1 heterocycles. The standard InChI is InChI=1S/C19H32O2/c1-2-3-4-5-6-7-8-9-10-11-12-13-14-16-19-20-17-15-18-21-19/h3-6,9-10,19H,2,7-8,11-18H2,1H3/b4-3+,6-5-,10-9-. The van der Waals surface area contributed by atoms with Crippen LogP contribution in [0.3, 0.4) is 0 Å². The molecule has 0 aromatic rings. The van der Waals surface area contributed by atoms with Crippen molar-refractivity contribution in [3.63, 3.8) is 0 Å². The van der Waals surface area contributed by atoms with E-state index in [4.69, 9.17) is 9.47 Å². The molecule has 120 valence electrons. The zero-order valence-corrected chi connectivity index (χ0v) is 13.6. The first-order chi connectivity index (χ1) is 10.4. The normalized spacial score (nSPS) is 17.6. The molecule has 0 aromatic carbocycles. The van der Waals surface area contributed by atoms with E-state index in [1.54, 1.807) is 0 Å². The molecule has 1 aliphatic heterocycles. The first-order valence-corrected chi connectivity index (χ1v) is 8.63. The molecule has 1 fully saturated rings. The van der Waals surface area contributed by atoms with Gasteiger partial charge >= 0.3 is 0 Å². The van der Waals surface area contributed by atoms with Crippen LogP contribution in [0.15, 0.2) is 36.5 Å². The number of rotatable bonds is 11. The lowest BCUT2D eigenvalue weighted by Crippen LogP contribution is -2.24. The fraction of sp³-hybridized carbons (Fsp3) is 0.684. The highest BCUT2D eigenvalue weighted by Gasteiger charge is 2.12. The summed E-state index contributed by atoms with van der Waals surface area (Å²) in [5, 5.41) is 0. The highest BCUT2D eigenvalue weighted by Crippen LogP contribution is 2.13. The summed E-state index contributed by atoms with van der Waals surface area (Å²) in [4.78, 5) is 0. The summed E-state index contributed by atoms with van der Waals surface area (Å²) in [6.07, 6.45) is 23.9. The van der Waals surface area contributed by atoms with Gasteiger partial charge in [0.1, 0.15) is 0 Å². The fourth-order valence-electron chi connectivity index (χ4n) is 2.27. The topological polar surface area (TPSA) is 18.5 Å². The fourth-order valence-corrected chi connectivity index (χ4v) is 2.27. The van der Waals surface area contributed by atoms with Crippen LogP contribution in [0.1, 0.15) is 64.7 Å². The van der Waals surface area contributed by atoms with Crippen LogP contribution >= 0.6 is 0 Å². The Morgan fingerprint density at radius 2 is 1.52 bits per heavy atom. The predicted octanol–water partition coefficient (Wildman–Crippen LogP) is 5.56. The molecular formula is C19H32O2. The van der Waals surface area contributed by atoms with Crippen LogP contribution in [0.4, 0.5) is 0 Å². The molecule has 0 atom stereocenters. The summed E-state index contributed by atoms with van der Waals surface area (Å²) in [7, 11) is 0. The van der Waals surface area contributed by atoms with E-state index in [1.807, 2.05) is 0 Å². The van der Waals surface area contributed by atoms with Crippen LogP contribution in [-0.2, 0) is 9.47 Å². The maximum atomic E-state index is 5.54. The SMILES string of the molecule is CC/C=C/C=C\CC/C=C\CCCCCC1OCCCO1. The van der Waals surface area contributed by atoms with Crippen molar-refractivity contribution in [1.29, 1.82) is 0 Å². The number of ether oxygens (including phenoxy) is 2. The van der Waals surface area contributed by atoms with Crippen molar-refractivity contribution < 1.29 is 9.47 Å². The van der Waals surface area contributed by atoms with Crippen molar-refractivity contribution in [3.8, 4) is 0 Å².